The van der Waals surface area contributed by atoms with Crippen molar-refractivity contribution in [3.8, 4) is 5.75 Å². The van der Waals surface area contributed by atoms with Gasteiger partial charge in [-0.25, -0.2) is 0 Å². The fourth-order valence-corrected chi connectivity index (χ4v) is 1.39. The van der Waals surface area contributed by atoms with E-state index in [1.165, 1.54) is 6.07 Å². The lowest BCUT2D eigenvalue weighted by atomic mass is 10.1. The summed E-state index contributed by atoms with van der Waals surface area (Å²) in [6.45, 7) is 1.64. The van der Waals surface area contributed by atoms with E-state index in [0.717, 1.165) is 12.1 Å². The van der Waals surface area contributed by atoms with Crippen molar-refractivity contribution >= 4 is 17.4 Å². The Morgan fingerprint density at radius 2 is 2.06 bits per heavy atom. The molecule has 2 nitrogen and oxygen atoms in total. The SMILES string of the molecule is CCC(=O)c1ccc(OC(F)(F)F)cc1Cl. The third-order valence-corrected chi connectivity index (χ3v) is 2.11. The lowest BCUT2D eigenvalue weighted by molar-refractivity contribution is -0.274. The Morgan fingerprint density at radius 3 is 2.50 bits per heavy atom. The molecule has 0 spiro atoms. The summed E-state index contributed by atoms with van der Waals surface area (Å²) in [5, 5.41) is -0.0476. The van der Waals surface area contributed by atoms with E-state index in [0.29, 0.717) is 0 Å². The van der Waals surface area contributed by atoms with Gasteiger partial charge in [0.05, 0.1) is 5.02 Å². The lowest BCUT2D eigenvalue weighted by Crippen LogP contribution is -2.17. The van der Waals surface area contributed by atoms with Crippen LogP contribution in [0.5, 0.6) is 5.75 Å². The molecule has 0 bridgehead atoms. The van der Waals surface area contributed by atoms with Crippen LogP contribution in [0.4, 0.5) is 13.2 Å². The summed E-state index contributed by atoms with van der Waals surface area (Å²) in [5.41, 5.74) is 0.193. The van der Waals surface area contributed by atoms with Gasteiger partial charge in [-0.05, 0) is 18.2 Å². The molecule has 16 heavy (non-hydrogen) atoms. The number of rotatable bonds is 3. The van der Waals surface area contributed by atoms with Crippen molar-refractivity contribution in [1.82, 2.24) is 0 Å². The molecule has 0 fully saturated rings. The second kappa shape index (κ2) is 4.74. The quantitative estimate of drug-likeness (QED) is 0.764. The van der Waals surface area contributed by atoms with Gasteiger partial charge in [0, 0.05) is 12.0 Å². The Balaban J connectivity index is 2.96. The van der Waals surface area contributed by atoms with E-state index >= 15 is 0 Å². The molecule has 1 aromatic carbocycles. The second-order valence-corrected chi connectivity index (χ2v) is 3.37. The van der Waals surface area contributed by atoms with Crippen LogP contribution in [0, 0.1) is 0 Å². The van der Waals surface area contributed by atoms with Gasteiger partial charge in [0.25, 0.3) is 0 Å². The Bertz CT molecular complexity index is 402. The van der Waals surface area contributed by atoms with Gasteiger partial charge in [-0.15, -0.1) is 13.2 Å². The first-order valence-electron chi connectivity index (χ1n) is 4.42. The first-order chi connectivity index (χ1) is 7.33. The maximum absolute atomic E-state index is 11.9. The van der Waals surface area contributed by atoms with Gasteiger partial charge < -0.3 is 4.74 Å². The zero-order valence-corrected chi connectivity index (χ0v) is 9.02. The van der Waals surface area contributed by atoms with E-state index < -0.39 is 12.1 Å². The van der Waals surface area contributed by atoms with Gasteiger partial charge >= 0.3 is 6.36 Å². The summed E-state index contributed by atoms with van der Waals surface area (Å²) >= 11 is 5.66. The Hall–Kier alpha value is -1.23. The average molecular weight is 253 g/mol. The predicted octanol–water partition coefficient (Wildman–Crippen LogP) is 3.83. The van der Waals surface area contributed by atoms with Crippen molar-refractivity contribution in [3.05, 3.63) is 28.8 Å². The molecule has 0 aliphatic heterocycles. The molecule has 0 unspecified atom stereocenters. The number of hydrogen-bond acceptors (Lipinski definition) is 2. The number of carbonyl (C=O) groups excluding carboxylic acids is 1. The van der Waals surface area contributed by atoms with Crippen molar-refractivity contribution in [2.75, 3.05) is 0 Å². The Kier molecular flexibility index (Phi) is 3.80. The highest BCUT2D eigenvalue weighted by Gasteiger charge is 2.31. The summed E-state index contributed by atoms with van der Waals surface area (Å²) in [6, 6.07) is 3.25. The minimum atomic E-state index is -4.76. The molecular formula is C10H8ClF3O2. The maximum Gasteiger partial charge on any atom is 0.573 e. The minimum absolute atomic E-state index is 0.0476. The van der Waals surface area contributed by atoms with Crippen molar-refractivity contribution in [3.63, 3.8) is 0 Å². The van der Waals surface area contributed by atoms with Crippen LogP contribution in [0.15, 0.2) is 18.2 Å². The van der Waals surface area contributed by atoms with E-state index in [1.54, 1.807) is 6.92 Å². The molecule has 88 valence electrons. The van der Waals surface area contributed by atoms with E-state index in [1.807, 2.05) is 0 Å². The maximum atomic E-state index is 11.9. The van der Waals surface area contributed by atoms with Crippen molar-refractivity contribution in [1.29, 1.82) is 0 Å². The Labute approximate surface area is 95.0 Å². The molecule has 0 saturated heterocycles. The molecule has 0 atom stereocenters. The number of Topliss-reactive ketones (excluding diaryl/α,β-unsaturated/α-hetero) is 1. The molecule has 0 heterocycles. The zero-order valence-electron chi connectivity index (χ0n) is 8.27. The number of carbonyl (C=O) groups is 1. The highest BCUT2D eigenvalue weighted by molar-refractivity contribution is 6.34. The largest absolute Gasteiger partial charge is 0.573 e. The summed E-state index contributed by atoms with van der Waals surface area (Å²) in [4.78, 5) is 11.3. The molecule has 0 amide bonds. The van der Waals surface area contributed by atoms with Crippen LogP contribution in [0.1, 0.15) is 23.7 Å². The molecule has 0 aliphatic rings. The van der Waals surface area contributed by atoms with Gasteiger partial charge in [0.2, 0.25) is 0 Å². The fourth-order valence-electron chi connectivity index (χ4n) is 1.11. The van der Waals surface area contributed by atoms with Crippen molar-refractivity contribution < 1.29 is 22.7 Å². The number of ether oxygens (including phenoxy) is 1. The number of halogens is 4. The first kappa shape index (κ1) is 12.8. The highest BCUT2D eigenvalue weighted by atomic mass is 35.5. The van der Waals surface area contributed by atoms with Crippen molar-refractivity contribution in [2.24, 2.45) is 0 Å². The average Bonchev–Trinajstić information content (AvgIpc) is 2.14. The van der Waals surface area contributed by atoms with Crippen LogP contribution < -0.4 is 4.74 Å². The number of alkyl halides is 3. The van der Waals surface area contributed by atoms with Crippen LogP contribution in [-0.4, -0.2) is 12.1 Å². The van der Waals surface area contributed by atoms with Gasteiger partial charge in [-0.1, -0.05) is 18.5 Å². The molecule has 0 N–H and O–H groups in total. The number of hydrogen-bond donors (Lipinski definition) is 0. The summed E-state index contributed by atoms with van der Waals surface area (Å²) in [5.74, 6) is -0.672. The van der Waals surface area contributed by atoms with Crippen LogP contribution in [0.25, 0.3) is 0 Å². The summed E-state index contributed by atoms with van der Waals surface area (Å²) < 4.78 is 39.3. The smallest absolute Gasteiger partial charge is 0.406 e. The molecule has 0 aromatic heterocycles. The van der Waals surface area contributed by atoms with E-state index in [-0.39, 0.29) is 22.8 Å². The highest BCUT2D eigenvalue weighted by Crippen LogP contribution is 2.28. The van der Waals surface area contributed by atoms with Gasteiger partial charge in [-0.3, -0.25) is 4.79 Å². The molecule has 0 saturated carbocycles. The molecule has 1 aromatic rings. The van der Waals surface area contributed by atoms with Crippen LogP contribution in [0.3, 0.4) is 0 Å². The third kappa shape index (κ3) is 3.41. The molecular weight excluding hydrogens is 245 g/mol. The molecule has 0 aliphatic carbocycles. The van der Waals surface area contributed by atoms with E-state index in [9.17, 15) is 18.0 Å². The third-order valence-electron chi connectivity index (χ3n) is 1.80. The van der Waals surface area contributed by atoms with Crippen LogP contribution in [0.2, 0.25) is 5.02 Å². The van der Waals surface area contributed by atoms with Crippen LogP contribution in [-0.2, 0) is 0 Å². The minimum Gasteiger partial charge on any atom is -0.406 e. The fraction of sp³-hybridized carbons (Fsp3) is 0.300. The van der Waals surface area contributed by atoms with Gasteiger partial charge in [0.15, 0.2) is 5.78 Å². The normalized spacial score (nSPS) is 11.3. The zero-order chi connectivity index (χ0) is 12.3. The van der Waals surface area contributed by atoms with Crippen molar-refractivity contribution in [2.45, 2.75) is 19.7 Å². The number of ketones is 1. The lowest BCUT2D eigenvalue weighted by Gasteiger charge is -2.10. The standard InChI is InChI=1S/C10H8ClF3O2/c1-2-9(15)7-4-3-6(5-8(7)11)16-10(12,13)14/h3-5H,2H2,1H3. The Morgan fingerprint density at radius 1 is 1.44 bits per heavy atom. The summed E-state index contributed by atoms with van der Waals surface area (Å²) in [7, 11) is 0. The topological polar surface area (TPSA) is 26.3 Å². The van der Waals surface area contributed by atoms with Crippen LogP contribution >= 0.6 is 11.6 Å². The van der Waals surface area contributed by atoms with E-state index in [2.05, 4.69) is 4.74 Å². The molecule has 6 heteroatoms. The van der Waals surface area contributed by atoms with Gasteiger partial charge in [-0.2, -0.15) is 0 Å². The molecule has 0 radical (unpaired) electrons. The first-order valence-corrected chi connectivity index (χ1v) is 4.79. The number of benzene rings is 1. The summed E-state index contributed by atoms with van der Waals surface area (Å²) in [6.07, 6.45) is -4.53. The van der Waals surface area contributed by atoms with Gasteiger partial charge in [0.1, 0.15) is 5.75 Å². The second-order valence-electron chi connectivity index (χ2n) is 2.97. The van der Waals surface area contributed by atoms with E-state index in [4.69, 9.17) is 11.6 Å². The molecule has 1 rings (SSSR count). The predicted molar refractivity (Wildman–Crippen MR) is 52.8 cm³/mol. The monoisotopic (exact) mass is 252 g/mol.